The average Bonchev–Trinajstić information content (AvgIpc) is 2.60. The molecule has 27 heavy (non-hydrogen) atoms. The fourth-order valence-corrected chi connectivity index (χ4v) is 4.28. The van der Waals surface area contributed by atoms with E-state index in [9.17, 15) is 8.42 Å². The van der Waals surface area contributed by atoms with Crippen LogP contribution in [0.25, 0.3) is 0 Å². The lowest BCUT2D eigenvalue weighted by atomic mass is 10.0. The van der Waals surface area contributed by atoms with Crippen LogP contribution >= 0.6 is 0 Å². The number of hydrogen-bond donors (Lipinski definition) is 3. The van der Waals surface area contributed by atoms with Crippen LogP contribution in [0.4, 0.5) is 0 Å². The quantitative estimate of drug-likeness (QED) is 0.397. The Morgan fingerprint density at radius 2 is 1.67 bits per heavy atom. The summed E-state index contributed by atoms with van der Waals surface area (Å²) in [5, 5.41) is 6.65. The summed E-state index contributed by atoms with van der Waals surface area (Å²) in [6, 6.07) is 7.46. The number of sulfonamides is 1. The van der Waals surface area contributed by atoms with Crippen molar-refractivity contribution in [1.82, 2.24) is 15.4 Å². The number of hydrogen-bond acceptors (Lipinski definition) is 3. The molecular weight excluding hydrogens is 360 g/mol. The average molecular weight is 397 g/mol. The molecule has 1 aromatic rings. The van der Waals surface area contributed by atoms with E-state index in [4.69, 9.17) is 0 Å². The molecule has 7 heteroatoms. The fraction of sp³-hybridized carbons (Fsp3) is 0.650. The van der Waals surface area contributed by atoms with Crippen LogP contribution in [0.15, 0.2) is 29.3 Å². The van der Waals surface area contributed by atoms with Gasteiger partial charge in [-0.2, -0.15) is 0 Å². The Kier molecular flexibility index (Phi) is 10.4. The lowest BCUT2D eigenvalue weighted by molar-refractivity contribution is 0.481. The topological polar surface area (TPSA) is 82.6 Å². The molecule has 0 aliphatic carbocycles. The lowest BCUT2D eigenvalue weighted by Crippen LogP contribution is -2.39. The van der Waals surface area contributed by atoms with Gasteiger partial charge in [0.1, 0.15) is 0 Å². The molecule has 0 aromatic heterocycles. The van der Waals surface area contributed by atoms with Crippen LogP contribution in [0.5, 0.6) is 0 Å². The van der Waals surface area contributed by atoms with E-state index in [-0.39, 0.29) is 11.8 Å². The highest BCUT2D eigenvalue weighted by Crippen LogP contribution is 2.14. The molecule has 0 aliphatic rings. The molecule has 154 valence electrons. The molecule has 0 spiro atoms. The first kappa shape index (κ1) is 23.4. The van der Waals surface area contributed by atoms with Gasteiger partial charge in [-0.05, 0) is 37.8 Å². The molecule has 0 bridgehead atoms. The standard InChI is InChI=1S/C20H36N4O2S/c1-6-17(7-2)13-22-20(21-8-3)23-14-18-11-9-10-12-19(18)15-27(25,26)24-16(4)5/h9-12,16-17,24H,6-8,13-15H2,1-5H3,(H2,21,22,23). The van der Waals surface area contributed by atoms with Crippen molar-refractivity contribution in [1.29, 1.82) is 0 Å². The van der Waals surface area contributed by atoms with Gasteiger partial charge in [-0.3, -0.25) is 0 Å². The number of guanidine groups is 1. The summed E-state index contributed by atoms with van der Waals surface area (Å²) < 4.78 is 27.2. The molecule has 0 radical (unpaired) electrons. The maximum Gasteiger partial charge on any atom is 0.216 e. The predicted octanol–water partition coefficient (Wildman–Crippen LogP) is 3.01. The number of benzene rings is 1. The van der Waals surface area contributed by atoms with Gasteiger partial charge in [0, 0.05) is 19.1 Å². The number of rotatable bonds is 11. The first-order valence-electron chi connectivity index (χ1n) is 9.90. The summed E-state index contributed by atoms with van der Waals surface area (Å²) in [5.41, 5.74) is 1.71. The minimum atomic E-state index is -3.36. The molecule has 0 saturated heterocycles. The summed E-state index contributed by atoms with van der Waals surface area (Å²) >= 11 is 0. The van der Waals surface area contributed by atoms with Crippen molar-refractivity contribution >= 4 is 16.0 Å². The zero-order valence-corrected chi connectivity index (χ0v) is 18.2. The Labute approximate surface area is 165 Å². The first-order valence-corrected chi connectivity index (χ1v) is 11.5. The van der Waals surface area contributed by atoms with Gasteiger partial charge in [-0.25, -0.2) is 18.1 Å². The maximum absolute atomic E-state index is 12.3. The van der Waals surface area contributed by atoms with Crippen molar-refractivity contribution < 1.29 is 8.42 Å². The molecule has 0 atom stereocenters. The highest BCUT2D eigenvalue weighted by atomic mass is 32.2. The molecule has 1 rings (SSSR count). The molecule has 1 aromatic carbocycles. The van der Waals surface area contributed by atoms with E-state index < -0.39 is 10.0 Å². The van der Waals surface area contributed by atoms with Crippen LogP contribution in [0.1, 0.15) is 58.6 Å². The maximum atomic E-state index is 12.3. The molecule has 0 fully saturated rings. The van der Waals surface area contributed by atoms with Crippen LogP contribution < -0.4 is 15.4 Å². The monoisotopic (exact) mass is 396 g/mol. The summed E-state index contributed by atoms with van der Waals surface area (Å²) in [4.78, 5) is 4.66. The van der Waals surface area contributed by atoms with Crippen LogP contribution in [-0.2, 0) is 22.3 Å². The Morgan fingerprint density at radius 3 is 2.22 bits per heavy atom. The Balaban J connectivity index is 2.88. The van der Waals surface area contributed by atoms with Crippen molar-refractivity contribution in [3.63, 3.8) is 0 Å². The Morgan fingerprint density at radius 1 is 1.04 bits per heavy atom. The number of nitrogens with zero attached hydrogens (tertiary/aromatic N) is 1. The van der Waals surface area contributed by atoms with Gasteiger partial charge >= 0.3 is 0 Å². The zero-order chi connectivity index (χ0) is 20.3. The normalized spacial score (nSPS) is 12.6. The molecule has 0 amide bonds. The first-order chi connectivity index (χ1) is 12.8. The van der Waals surface area contributed by atoms with E-state index in [2.05, 4.69) is 34.2 Å². The number of aliphatic imine (C=N–C) groups is 1. The minimum Gasteiger partial charge on any atom is -0.357 e. The van der Waals surface area contributed by atoms with E-state index in [1.54, 1.807) is 0 Å². The van der Waals surface area contributed by atoms with Gasteiger partial charge in [0.25, 0.3) is 0 Å². The van der Waals surface area contributed by atoms with E-state index >= 15 is 0 Å². The Bertz CT molecular complexity index is 683. The van der Waals surface area contributed by atoms with Gasteiger partial charge < -0.3 is 10.6 Å². The number of nitrogens with one attached hydrogen (secondary N) is 3. The molecule has 0 aliphatic heterocycles. The van der Waals surface area contributed by atoms with E-state index in [1.807, 2.05) is 45.0 Å². The summed E-state index contributed by atoms with van der Waals surface area (Å²) in [6.45, 7) is 12.2. The van der Waals surface area contributed by atoms with Crippen molar-refractivity contribution in [3.8, 4) is 0 Å². The molecule has 0 unspecified atom stereocenters. The minimum absolute atomic E-state index is 0.0331. The molecule has 0 saturated carbocycles. The van der Waals surface area contributed by atoms with Crippen LogP contribution in [-0.4, -0.2) is 33.5 Å². The highest BCUT2D eigenvalue weighted by Gasteiger charge is 2.15. The van der Waals surface area contributed by atoms with E-state index in [0.717, 1.165) is 43.0 Å². The molecule has 3 N–H and O–H groups in total. The second-order valence-electron chi connectivity index (χ2n) is 7.06. The van der Waals surface area contributed by atoms with Gasteiger partial charge in [0.15, 0.2) is 5.96 Å². The van der Waals surface area contributed by atoms with Crippen molar-refractivity contribution in [2.45, 2.75) is 65.8 Å². The van der Waals surface area contributed by atoms with Crippen molar-refractivity contribution in [3.05, 3.63) is 35.4 Å². The molecule has 0 heterocycles. The third-order valence-corrected chi connectivity index (χ3v) is 5.87. The van der Waals surface area contributed by atoms with E-state index in [0.29, 0.717) is 12.5 Å². The molecule has 6 nitrogen and oxygen atoms in total. The third-order valence-electron chi connectivity index (χ3n) is 4.34. The smallest absolute Gasteiger partial charge is 0.216 e. The fourth-order valence-electron chi connectivity index (χ4n) is 2.78. The summed E-state index contributed by atoms with van der Waals surface area (Å²) in [7, 11) is -3.36. The lowest BCUT2D eigenvalue weighted by Gasteiger charge is -2.17. The van der Waals surface area contributed by atoms with Gasteiger partial charge in [0.2, 0.25) is 10.0 Å². The second-order valence-corrected chi connectivity index (χ2v) is 8.81. The predicted molar refractivity (Wildman–Crippen MR) is 114 cm³/mol. The Hall–Kier alpha value is -1.60. The van der Waals surface area contributed by atoms with E-state index in [1.165, 1.54) is 0 Å². The SMILES string of the molecule is CCNC(=NCc1ccccc1CS(=O)(=O)NC(C)C)NCC(CC)CC. The van der Waals surface area contributed by atoms with Crippen LogP contribution in [0.3, 0.4) is 0 Å². The second kappa shape index (κ2) is 12.0. The van der Waals surface area contributed by atoms with Gasteiger partial charge in [-0.1, -0.05) is 51.0 Å². The summed E-state index contributed by atoms with van der Waals surface area (Å²) in [5.74, 6) is 1.35. The van der Waals surface area contributed by atoms with Crippen LogP contribution in [0, 0.1) is 5.92 Å². The summed E-state index contributed by atoms with van der Waals surface area (Å²) in [6.07, 6.45) is 2.26. The van der Waals surface area contributed by atoms with Crippen LogP contribution in [0.2, 0.25) is 0 Å². The molecular formula is C20H36N4O2S. The largest absolute Gasteiger partial charge is 0.357 e. The highest BCUT2D eigenvalue weighted by molar-refractivity contribution is 7.88. The third kappa shape index (κ3) is 9.24. The zero-order valence-electron chi connectivity index (χ0n) is 17.4. The van der Waals surface area contributed by atoms with Crippen molar-refractivity contribution in [2.75, 3.05) is 13.1 Å². The van der Waals surface area contributed by atoms with Gasteiger partial charge in [-0.15, -0.1) is 0 Å². The van der Waals surface area contributed by atoms with Gasteiger partial charge in [0.05, 0.1) is 12.3 Å². The van der Waals surface area contributed by atoms with Crippen molar-refractivity contribution in [2.24, 2.45) is 10.9 Å².